The number of benzene rings is 2. The molecule has 0 saturated heterocycles. The van der Waals surface area contributed by atoms with Crippen LogP contribution in [0.2, 0.25) is 0 Å². The fraction of sp³-hybridized carbons (Fsp3) is 0.0833. The first-order chi connectivity index (χ1) is 6.85. The van der Waals surface area contributed by atoms with E-state index in [0.29, 0.717) is 0 Å². The topological polar surface area (TPSA) is 33.1 Å². The summed E-state index contributed by atoms with van der Waals surface area (Å²) in [6.45, 7) is 0. The third-order valence-electron chi connectivity index (χ3n) is 2.28. The monoisotopic (exact) mass is 185 g/mol. The van der Waals surface area contributed by atoms with Gasteiger partial charge in [-0.05, 0) is 28.5 Å². The lowest BCUT2D eigenvalue weighted by Crippen LogP contribution is -1.85. The molecular formula is C12H11NO. The number of hydrogen-bond donors (Lipinski definition) is 1. The number of fused-ring (bicyclic) bond motifs is 1. The van der Waals surface area contributed by atoms with Gasteiger partial charge in [0.15, 0.2) is 0 Å². The average Bonchev–Trinajstić information content (AvgIpc) is 2.27. The molecule has 0 atom stereocenters. The van der Waals surface area contributed by atoms with E-state index in [9.17, 15) is 0 Å². The van der Waals surface area contributed by atoms with Gasteiger partial charge in [0, 0.05) is 6.21 Å². The maximum Gasteiger partial charge on any atom is 0.119 e. The van der Waals surface area contributed by atoms with Crippen molar-refractivity contribution < 1.29 is 4.74 Å². The molecule has 2 heteroatoms. The van der Waals surface area contributed by atoms with Crippen LogP contribution in [0, 0.1) is 5.41 Å². The predicted molar refractivity (Wildman–Crippen MR) is 58.4 cm³/mol. The van der Waals surface area contributed by atoms with E-state index < -0.39 is 0 Å². The van der Waals surface area contributed by atoms with Crippen LogP contribution in [-0.4, -0.2) is 13.3 Å². The summed E-state index contributed by atoms with van der Waals surface area (Å²) in [4.78, 5) is 0. The highest BCUT2D eigenvalue weighted by atomic mass is 16.5. The second kappa shape index (κ2) is 3.50. The minimum Gasteiger partial charge on any atom is -0.497 e. The van der Waals surface area contributed by atoms with E-state index in [-0.39, 0.29) is 0 Å². The Balaban J connectivity index is 2.73. The molecular weight excluding hydrogens is 174 g/mol. The Morgan fingerprint density at radius 3 is 2.79 bits per heavy atom. The molecule has 1 N–H and O–H groups in total. The van der Waals surface area contributed by atoms with Crippen LogP contribution >= 0.6 is 0 Å². The van der Waals surface area contributed by atoms with Gasteiger partial charge < -0.3 is 10.1 Å². The zero-order chi connectivity index (χ0) is 9.97. The molecule has 0 aliphatic rings. The van der Waals surface area contributed by atoms with Gasteiger partial charge in [-0.3, -0.25) is 0 Å². The van der Waals surface area contributed by atoms with Crippen LogP contribution < -0.4 is 4.74 Å². The Kier molecular flexibility index (Phi) is 2.19. The van der Waals surface area contributed by atoms with E-state index in [0.717, 1.165) is 22.1 Å². The number of nitrogens with one attached hydrogen (secondary N) is 1. The minimum absolute atomic E-state index is 0.847. The lowest BCUT2D eigenvalue weighted by Gasteiger charge is -2.04. The first-order valence-corrected chi connectivity index (χ1v) is 4.42. The van der Waals surface area contributed by atoms with Crippen molar-refractivity contribution in [3.63, 3.8) is 0 Å². The molecule has 0 bridgehead atoms. The highest BCUT2D eigenvalue weighted by Crippen LogP contribution is 2.22. The molecule has 2 nitrogen and oxygen atoms in total. The molecule has 0 radical (unpaired) electrons. The molecule has 0 amide bonds. The van der Waals surface area contributed by atoms with Gasteiger partial charge in [-0.15, -0.1) is 0 Å². The molecule has 2 rings (SSSR count). The Morgan fingerprint density at radius 1 is 1.21 bits per heavy atom. The van der Waals surface area contributed by atoms with Crippen LogP contribution in [0.25, 0.3) is 10.8 Å². The van der Waals surface area contributed by atoms with E-state index in [1.54, 1.807) is 7.11 Å². The van der Waals surface area contributed by atoms with E-state index in [1.165, 1.54) is 6.21 Å². The minimum atomic E-state index is 0.847. The van der Waals surface area contributed by atoms with Crippen molar-refractivity contribution in [1.29, 1.82) is 5.41 Å². The van der Waals surface area contributed by atoms with E-state index >= 15 is 0 Å². The normalized spacial score (nSPS) is 10.1. The molecule has 14 heavy (non-hydrogen) atoms. The Labute approximate surface area is 82.6 Å². The van der Waals surface area contributed by atoms with E-state index in [2.05, 4.69) is 0 Å². The molecule has 0 unspecified atom stereocenters. The summed E-state index contributed by atoms with van der Waals surface area (Å²) < 4.78 is 5.14. The lowest BCUT2D eigenvalue weighted by atomic mass is 10.1. The summed E-state index contributed by atoms with van der Waals surface area (Å²) in [5, 5.41) is 9.46. The van der Waals surface area contributed by atoms with E-state index in [4.69, 9.17) is 10.1 Å². The molecule has 2 aromatic rings. The lowest BCUT2D eigenvalue weighted by molar-refractivity contribution is 0.415. The second-order valence-corrected chi connectivity index (χ2v) is 3.08. The summed E-state index contributed by atoms with van der Waals surface area (Å²) in [5.41, 5.74) is 0.935. The van der Waals surface area contributed by atoms with Crippen molar-refractivity contribution in [2.24, 2.45) is 0 Å². The van der Waals surface area contributed by atoms with Gasteiger partial charge in [-0.1, -0.05) is 24.3 Å². The Morgan fingerprint density at radius 2 is 2.07 bits per heavy atom. The van der Waals surface area contributed by atoms with Gasteiger partial charge >= 0.3 is 0 Å². The molecule has 0 aliphatic carbocycles. The van der Waals surface area contributed by atoms with Crippen molar-refractivity contribution >= 4 is 17.0 Å². The van der Waals surface area contributed by atoms with Crippen LogP contribution in [0.3, 0.4) is 0 Å². The molecule has 70 valence electrons. The molecule has 0 aromatic heterocycles. The number of methoxy groups -OCH3 is 1. The van der Waals surface area contributed by atoms with Crippen LogP contribution in [0.5, 0.6) is 5.75 Å². The molecule has 0 heterocycles. The highest BCUT2D eigenvalue weighted by molar-refractivity contribution is 5.99. The first kappa shape index (κ1) is 8.75. The van der Waals surface area contributed by atoms with Crippen LogP contribution in [0.4, 0.5) is 0 Å². The molecule has 0 saturated carbocycles. The molecule has 2 aromatic carbocycles. The second-order valence-electron chi connectivity index (χ2n) is 3.08. The molecule has 0 aliphatic heterocycles. The van der Waals surface area contributed by atoms with Crippen molar-refractivity contribution in [3.8, 4) is 5.75 Å². The van der Waals surface area contributed by atoms with Crippen LogP contribution in [0.15, 0.2) is 36.4 Å². The zero-order valence-electron chi connectivity index (χ0n) is 7.95. The fourth-order valence-corrected chi connectivity index (χ4v) is 1.54. The van der Waals surface area contributed by atoms with Gasteiger partial charge in [-0.25, -0.2) is 0 Å². The first-order valence-electron chi connectivity index (χ1n) is 4.42. The van der Waals surface area contributed by atoms with Crippen molar-refractivity contribution in [1.82, 2.24) is 0 Å². The fourth-order valence-electron chi connectivity index (χ4n) is 1.54. The third-order valence-corrected chi connectivity index (χ3v) is 2.28. The Hall–Kier alpha value is -1.83. The quantitative estimate of drug-likeness (QED) is 0.717. The number of rotatable bonds is 2. The van der Waals surface area contributed by atoms with Crippen molar-refractivity contribution in [3.05, 3.63) is 42.0 Å². The summed E-state index contributed by atoms with van der Waals surface area (Å²) in [6.07, 6.45) is 1.37. The summed E-state index contributed by atoms with van der Waals surface area (Å²) in [5.74, 6) is 0.847. The average molecular weight is 185 g/mol. The van der Waals surface area contributed by atoms with Crippen molar-refractivity contribution in [2.75, 3.05) is 7.11 Å². The standard InChI is InChI=1S/C12H11NO/c1-14-11-5-6-12-9(7-11)3-2-4-10(12)8-13/h2-8,13H,1H3. The van der Waals surface area contributed by atoms with Gasteiger partial charge in [0.1, 0.15) is 5.75 Å². The summed E-state index contributed by atoms with van der Waals surface area (Å²) in [7, 11) is 1.65. The SMILES string of the molecule is COc1ccc2c(C=N)cccc2c1. The Bertz CT molecular complexity index is 477. The maximum absolute atomic E-state index is 7.27. The van der Waals surface area contributed by atoms with Gasteiger partial charge in [0.25, 0.3) is 0 Å². The smallest absolute Gasteiger partial charge is 0.119 e. The summed E-state index contributed by atoms with van der Waals surface area (Å²) in [6, 6.07) is 11.8. The van der Waals surface area contributed by atoms with E-state index in [1.807, 2.05) is 36.4 Å². The highest BCUT2D eigenvalue weighted by Gasteiger charge is 1.99. The molecule has 0 fully saturated rings. The summed E-state index contributed by atoms with van der Waals surface area (Å²) >= 11 is 0. The predicted octanol–water partition coefficient (Wildman–Crippen LogP) is 2.85. The number of ether oxygens (including phenoxy) is 1. The van der Waals surface area contributed by atoms with Crippen LogP contribution in [0.1, 0.15) is 5.56 Å². The van der Waals surface area contributed by atoms with Gasteiger partial charge in [-0.2, -0.15) is 0 Å². The largest absolute Gasteiger partial charge is 0.497 e. The molecule has 0 spiro atoms. The van der Waals surface area contributed by atoms with Crippen LogP contribution in [-0.2, 0) is 0 Å². The zero-order valence-corrected chi connectivity index (χ0v) is 7.95. The third kappa shape index (κ3) is 1.35. The maximum atomic E-state index is 7.27. The van der Waals surface area contributed by atoms with Gasteiger partial charge in [0.2, 0.25) is 0 Å². The number of hydrogen-bond acceptors (Lipinski definition) is 2. The van der Waals surface area contributed by atoms with Gasteiger partial charge in [0.05, 0.1) is 7.11 Å². The van der Waals surface area contributed by atoms with Crippen molar-refractivity contribution in [2.45, 2.75) is 0 Å².